The van der Waals surface area contributed by atoms with Gasteiger partial charge in [0.25, 0.3) is 11.8 Å². The molecule has 1 saturated heterocycles. The van der Waals surface area contributed by atoms with Crippen LogP contribution >= 0.6 is 11.6 Å². The van der Waals surface area contributed by atoms with Gasteiger partial charge in [-0.05, 0) is 38.5 Å². The van der Waals surface area contributed by atoms with Gasteiger partial charge < -0.3 is 10.1 Å². The fourth-order valence-electron chi connectivity index (χ4n) is 2.44. The van der Waals surface area contributed by atoms with Gasteiger partial charge in [0.1, 0.15) is 0 Å². The first kappa shape index (κ1) is 18.9. The summed E-state index contributed by atoms with van der Waals surface area (Å²) in [7, 11) is 0. The number of imide groups is 1. The second kappa shape index (κ2) is 6.84. The normalized spacial score (nSPS) is 17.2. The summed E-state index contributed by atoms with van der Waals surface area (Å²) in [6, 6.07) is 3.38. The summed E-state index contributed by atoms with van der Waals surface area (Å²) in [6.07, 6.45) is -1.05. The first-order chi connectivity index (χ1) is 11.6. The van der Waals surface area contributed by atoms with Crippen LogP contribution in [-0.4, -0.2) is 40.2 Å². The van der Waals surface area contributed by atoms with E-state index in [2.05, 4.69) is 5.32 Å². The molecule has 1 heterocycles. The SMILES string of the molecule is CCC(=O)C(C(=O)Nc1cc(C)ccc1Cl)N1C(=O)OC(C)(C)C1=O. The second-order valence-electron chi connectivity index (χ2n) is 6.25. The van der Waals surface area contributed by atoms with Crippen molar-refractivity contribution < 1.29 is 23.9 Å². The van der Waals surface area contributed by atoms with E-state index in [4.69, 9.17) is 16.3 Å². The van der Waals surface area contributed by atoms with E-state index < -0.39 is 35.3 Å². The van der Waals surface area contributed by atoms with Crippen LogP contribution in [0.25, 0.3) is 0 Å². The predicted molar refractivity (Wildman–Crippen MR) is 91.3 cm³/mol. The van der Waals surface area contributed by atoms with Crippen LogP contribution < -0.4 is 5.32 Å². The molecule has 7 nitrogen and oxygen atoms in total. The molecular weight excluding hydrogens is 348 g/mol. The lowest BCUT2D eigenvalue weighted by Gasteiger charge is -2.23. The van der Waals surface area contributed by atoms with Crippen molar-refractivity contribution in [2.45, 2.75) is 45.8 Å². The van der Waals surface area contributed by atoms with Crippen LogP contribution in [0.2, 0.25) is 5.02 Å². The van der Waals surface area contributed by atoms with Crippen LogP contribution in [-0.2, 0) is 19.1 Å². The summed E-state index contributed by atoms with van der Waals surface area (Å²) in [6.45, 7) is 6.15. The van der Waals surface area contributed by atoms with Crippen molar-refractivity contribution in [3.63, 3.8) is 0 Å². The number of amides is 3. The zero-order valence-electron chi connectivity index (χ0n) is 14.4. The third kappa shape index (κ3) is 3.66. The summed E-state index contributed by atoms with van der Waals surface area (Å²) in [5.41, 5.74) is -0.291. The van der Waals surface area contributed by atoms with E-state index in [1.165, 1.54) is 13.8 Å². The number of hydrogen-bond donors (Lipinski definition) is 1. The van der Waals surface area contributed by atoms with Crippen molar-refractivity contribution >= 4 is 41.0 Å². The Hall–Kier alpha value is -2.41. The molecule has 0 aliphatic carbocycles. The smallest absolute Gasteiger partial charge is 0.418 e. The van der Waals surface area contributed by atoms with Crippen molar-refractivity contribution in [3.8, 4) is 0 Å². The van der Waals surface area contributed by atoms with Gasteiger partial charge in [-0.1, -0.05) is 24.6 Å². The molecule has 0 saturated carbocycles. The highest BCUT2D eigenvalue weighted by Crippen LogP contribution is 2.28. The molecule has 1 aliphatic rings. The number of rotatable bonds is 5. The molecule has 8 heteroatoms. The van der Waals surface area contributed by atoms with Gasteiger partial charge in [0, 0.05) is 6.42 Å². The molecule has 1 aromatic carbocycles. The molecule has 134 valence electrons. The van der Waals surface area contributed by atoms with Gasteiger partial charge >= 0.3 is 6.09 Å². The number of benzene rings is 1. The number of hydrogen-bond acceptors (Lipinski definition) is 5. The van der Waals surface area contributed by atoms with E-state index in [1.807, 2.05) is 6.92 Å². The highest BCUT2D eigenvalue weighted by molar-refractivity contribution is 6.34. The lowest BCUT2D eigenvalue weighted by molar-refractivity contribution is -0.143. The number of nitrogens with zero attached hydrogens (tertiary/aromatic N) is 1. The second-order valence-corrected chi connectivity index (χ2v) is 6.66. The van der Waals surface area contributed by atoms with Crippen LogP contribution in [0.1, 0.15) is 32.8 Å². The molecule has 1 aliphatic heterocycles. The topological polar surface area (TPSA) is 92.8 Å². The third-order valence-corrected chi connectivity index (χ3v) is 4.14. The Labute approximate surface area is 150 Å². The fraction of sp³-hybridized carbons (Fsp3) is 0.412. The average molecular weight is 367 g/mol. The molecule has 1 atom stereocenters. The predicted octanol–water partition coefficient (Wildman–Crippen LogP) is 2.69. The number of ketones is 1. The van der Waals surface area contributed by atoms with Gasteiger partial charge in [0.2, 0.25) is 0 Å². The highest BCUT2D eigenvalue weighted by Gasteiger charge is 2.53. The van der Waals surface area contributed by atoms with Crippen LogP contribution in [0.4, 0.5) is 10.5 Å². The van der Waals surface area contributed by atoms with E-state index in [-0.39, 0.29) is 11.4 Å². The number of nitrogens with one attached hydrogen (secondary N) is 1. The molecule has 3 amide bonds. The number of cyclic esters (lactones) is 1. The Kier molecular flexibility index (Phi) is 5.17. The maximum Gasteiger partial charge on any atom is 0.418 e. The number of aryl methyl sites for hydroxylation is 1. The number of carbonyl (C=O) groups excluding carboxylic acids is 4. The Morgan fingerprint density at radius 2 is 1.96 bits per heavy atom. The maximum absolute atomic E-state index is 12.7. The zero-order valence-corrected chi connectivity index (χ0v) is 15.1. The van der Waals surface area contributed by atoms with Crippen molar-refractivity contribution in [1.82, 2.24) is 4.90 Å². The minimum absolute atomic E-state index is 0.0306. The van der Waals surface area contributed by atoms with Gasteiger partial charge in [-0.3, -0.25) is 14.4 Å². The van der Waals surface area contributed by atoms with Gasteiger partial charge in [-0.25, -0.2) is 9.69 Å². The van der Waals surface area contributed by atoms with Crippen LogP contribution in [0.15, 0.2) is 18.2 Å². The molecule has 0 spiro atoms. The first-order valence-electron chi connectivity index (χ1n) is 7.75. The summed E-state index contributed by atoms with van der Waals surface area (Å²) >= 11 is 6.05. The number of halogens is 1. The summed E-state index contributed by atoms with van der Waals surface area (Å²) in [5.74, 6) is -2.14. The largest absolute Gasteiger partial charge is 0.433 e. The van der Waals surface area contributed by atoms with Crippen molar-refractivity contribution in [1.29, 1.82) is 0 Å². The molecule has 0 bridgehead atoms. The average Bonchev–Trinajstić information content (AvgIpc) is 2.72. The van der Waals surface area contributed by atoms with Crippen LogP contribution in [0.5, 0.6) is 0 Å². The lowest BCUT2D eigenvalue weighted by atomic mass is 10.0. The van der Waals surface area contributed by atoms with E-state index in [1.54, 1.807) is 25.1 Å². The molecule has 1 unspecified atom stereocenters. The third-order valence-electron chi connectivity index (χ3n) is 3.81. The Morgan fingerprint density at radius 3 is 2.48 bits per heavy atom. The van der Waals surface area contributed by atoms with Gasteiger partial charge in [-0.15, -0.1) is 0 Å². The quantitative estimate of drug-likeness (QED) is 0.809. The van der Waals surface area contributed by atoms with Gasteiger partial charge in [-0.2, -0.15) is 0 Å². The molecule has 1 aromatic rings. The number of ether oxygens (including phenoxy) is 1. The molecule has 1 fully saturated rings. The number of anilines is 1. The lowest BCUT2D eigenvalue weighted by Crippen LogP contribution is -2.53. The Balaban J connectivity index is 2.36. The van der Waals surface area contributed by atoms with Crippen molar-refractivity contribution in [3.05, 3.63) is 28.8 Å². The van der Waals surface area contributed by atoms with Crippen LogP contribution in [0.3, 0.4) is 0 Å². The summed E-state index contributed by atoms with van der Waals surface area (Å²) < 4.78 is 4.97. The number of carbonyl (C=O) groups is 4. The summed E-state index contributed by atoms with van der Waals surface area (Å²) in [4.78, 5) is 50.0. The molecular formula is C17H19ClN2O5. The van der Waals surface area contributed by atoms with E-state index in [0.717, 1.165) is 5.56 Å². The standard InChI is InChI=1S/C17H19ClN2O5/c1-5-12(21)13(20-15(23)17(3,4)25-16(20)24)14(22)19-11-8-9(2)6-7-10(11)18/h6-8,13H,5H2,1-4H3,(H,19,22). The van der Waals surface area contributed by atoms with Crippen molar-refractivity contribution in [2.24, 2.45) is 0 Å². The first-order valence-corrected chi connectivity index (χ1v) is 8.12. The zero-order chi connectivity index (χ0) is 18.9. The minimum atomic E-state index is -1.61. The molecule has 25 heavy (non-hydrogen) atoms. The van der Waals surface area contributed by atoms with Gasteiger partial charge in [0.15, 0.2) is 17.4 Å². The van der Waals surface area contributed by atoms with Gasteiger partial charge in [0.05, 0.1) is 10.7 Å². The fourth-order valence-corrected chi connectivity index (χ4v) is 2.61. The van der Waals surface area contributed by atoms with Crippen LogP contribution in [0, 0.1) is 6.92 Å². The molecule has 2 rings (SSSR count). The van der Waals surface area contributed by atoms with E-state index in [9.17, 15) is 19.2 Å². The van der Waals surface area contributed by atoms with E-state index >= 15 is 0 Å². The number of Topliss-reactive ketones (excluding diaryl/α,β-unsaturated/α-hetero) is 1. The summed E-state index contributed by atoms with van der Waals surface area (Å²) in [5, 5.41) is 2.79. The molecule has 0 radical (unpaired) electrons. The maximum atomic E-state index is 12.7. The minimum Gasteiger partial charge on any atom is -0.433 e. The molecule has 0 aromatic heterocycles. The Morgan fingerprint density at radius 1 is 1.32 bits per heavy atom. The Bertz CT molecular complexity index is 759. The molecule has 1 N–H and O–H groups in total. The highest BCUT2D eigenvalue weighted by atomic mass is 35.5. The monoisotopic (exact) mass is 366 g/mol. The van der Waals surface area contributed by atoms with Crippen molar-refractivity contribution in [2.75, 3.05) is 5.32 Å². The van der Waals surface area contributed by atoms with E-state index in [0.29, 0.717) is 10.6 Å².